The fraction of sp³-hybridized carbons (Fsp3) is 0.333. The molecule has 2 rings (SSSR count). The molecule has 0 fully saturated rings. The summed E-state index contributed by atoms with van der Waals surface area (Å²) in [6, 6.07) is 8.68. The summed E-state index contributed by atoms with van der Waals surface area (Å²) in [7, 11) is 0. The summed E-state index contributed by atoms with van der Waals surface area (Å²) in [6.45, 7) is 2.75. The van der Waals surface area contributed by atoms with Crippen LogP contribution < -0.4 is 10.9 Å². The van der Waals surface area contributed by atoms with E-state index in [0.29, 0.717) is 17.6 Å². The average Bonchev–Trinajstić information content (AvgIpc) is 2.46. The lowest BCUT2D eigenvalue weighted by Gasteiger charge is -2.07. The first kappa shape index (κ1) is 14.7. The Hall–Kier alpha value is -1.75. The molecule has 2 N–H and O–H groups in total. The van der Waals surface area contributed by atoms with E-state index < -0.39 is 0 Å². The van der Waals surface area contributed by atoms with E-state index in [1.54, 1.807) is 6.07 Å². The van der Waals surface area contributed by atoms with Crippen LogP contribution in [0.1, 0.15) is 23.7 Å². The van der Waals surface area contributed by atoms with E-state index in [0.717, 1.165) is 23.3 Å². The first-order valence-corrected chi connectivity index (χ1v) is 7.86. The van der Waals surface area contributed by atoms with E-state index in [9.17, 15) is 9.59 Å². The number of para-hydroxylation sites is 1. The van der Waals surface area contributed by atoms with Crippen molar-refractivity contribution in [2.45, 2.75) is 13.3 Å². The number of aromatic amines is 1. The molecule has 0 aliphatic rings. The van der Waals surface area contributed by atoms with Crippen molar-refractivity contribution < 1.29 is 4.79 Å². The molecular formula is C15H18N2O2S. The number of benzene rings is 1. The Bertz CT molecular complexity index is 652. The third kappa shape index (κ3) is 3.63. The lowest BCUT2D eigenvalue weighted by molar-refractivity contribution is 0.0957. The number of thioether (sulfide) groups is 1. The number of pyridine rings is 1. The lowest BCUT2D eigenvalue weighted by atomic mass is 10.1. The van der Waals surface area contributed by atoms with Crippen molar-refractivity contribution in [1.82, 2.24) is 10.3 Å². The summed E-state index contributed by atoms with van der Waals surface area (Å²) >= 11 is 1.81. The van der Waals surface area contributed by atoms with E-state index in [1.807, 2.05) is 30.0 Å². The molecule has 2 aromatic rings. The molecule has 1 aromatic heterocycles. The maximum atomic E-state index is 12.2. The minimum Gasteiger partial charge on any atom is -0.351 e. The maximum absolute atomic E-state index is 12.2. The highest BCUT2D eigenvalue weighted by Crippen LogP contribution is 2.14. The number of fused-ring (bicyclic) bond motifs is 1. The quantitative estimate of drug-likeness (QED) is 0.803. The molecular weight excluding hydrogens is 272 g/mol. The summed E-state index contributed by atoms with van der Waals surface area (Å²) in [5, 5.41) is 3.63. The van der Waals surface area contributed by atoms with Gasteiger partial charge >= 0.3 is 0 Å². The smallest absolute Gasteiger partial charge is 0.252 e. The van der Waals surface area contributed by atoms with Crippen LogP contribution in [0.4, 0.5) is 0 Å². The monoisotopic (exact) mass is 290 g/mol. The Morgan fingerprint density at radius 2 is 2.10 bits per heavy atom. The van der Waals surface area contributed by atoms with Crippen molar-refractivity contribution >= 4 is 28.6 Å². The Morgan fingerprint density at radius 3 is 2.90 bits per heavy atom. The molecule has 0 radical (unpaired) electrons. The predicted molar refractivity (Wildman–Crippen MR) is 84.5 cm³/mol. The molecule has 106 valence electrons. The molecule has 0 atom stereocenters. The summed E-state index contributed by atoms with van der Waals surface area (Å²) in [5.74, 6) is 1.80. The highest BCUT2D eigenvalue weighted by molar-refractivity contribution is 7.99. The van der Waals surface area contributed by atoms with Crippen LogP contribution in [0.15, 0.2) is 35.1 Å². The number of rotatable bonds is 6. The minimum absolute atomic E-state index is 0.190. The molecule has 0 unspecified atom stereocenters. The van der Waals surface area contributed by atoms with Gasteiger partial charge in [0.1, 0.15) is 0 Å². The van der Waals surface area contributed by atoms with E-state index in [4.69, 9.17) is 0 Å². The number of hydrogen-bond donors (Lipinski definition) is 2. The van der Waals surface area contributed by atoms with E-state index in [-0.39, 0.29) is 11.5 Å². The van der Waals surface area contributed by atoms with Gasteiger partial charge in [-0.3, -0.25) is 9.59 Å². The number of hydrogen-bond acceptors (Lipinski definition) is 3. The van der Waals surface area contributed by atoms with Gasteiger partial charge in [0.15, 0.2) is 0 Å². The molecule has 1 amide bonds. The zero-order valence-corrected chi connectivity index (χ0v) is 12.3. The fourth-order valence-electron chi connectivity index (χ4n) is 1.97. The van der Waals surface area contributed by atoms with E-state index in [2.05, 4.69) is 17.2 Å². The van der Waals surface area contributed by atoms with Gasteiger partial charge in [0.2, 0.25) is 5.56 Å². The molecule has 20 heavy (non-hydrogen) atoms. The van der Waals surface area contributed by atoms with Crippen LogP contribution in [0, 0.1) is 0 Å². The topological polar surface area (TPSA) is 62.0 Å². The van der Waals surface area contributed by atoms with Crippen molar-refractivity contribution in [2.24, 2.45) is 0 Å². The SMILES string of the molecule is CCCSCCNC(=O)c1cc(=O)[nH]c2ccccc12. The normalized spacial score (nSPS) is 10.7. The molecule has 1 aromatic carbocycles. The zero-order valence-electron chi connectivity index (χ0n) is 11.4. The van der Waals surface area contributed by atoms with Gasteiger partial charge in [-0.1, -0.05) is 25.1 Å². The fourth-order valence-corrected chi connectivity index (χ4v) is 2.71. The van der Waals surface area contributed by atoms with Gasteiger partial charge in [-0.15, -0.1) is 0 Å². The molecule has 1 heterocycles. The van der Waals surface area contributed by atoms with Crippen LogP contribution in [0.5, 0.6) is 0 Å². The standard InChI is InChI=1S/C15H18N2O2S/c1-2-8-20-9-7-16-15(19)12-10-14(18)17-13-6-4-3-5-11(12)13/h3-6,10H,2,7-9H2,1H3,(H,16,19)(H,17,18). The molecule has 4 nitrogen and oxygen atoms in total. The lowest BCUT2D eigenvalue weighted by Crippen LogP contribution is -2.27. The second kappa shape index (κ2) is 7.14. The number of amides is 1. The van der Waals surface area contributed by atoms with Gasteiger partial charge in [0, 0.05) is 29.3 Å². The second-order valence-corrected chi connectivity index (χ2v) is 5.69. The molecule has 0 saturated heterocycles. The summed E-state index contributed by atoms with van der Waals surface area (Å²) in [4.78, 5) is 26.5. The number of aromatic nitrogens is 1. The molecule has 0 saturated carbocycles. The van der Waals surface area contributed by atoms with Crippen molar-refractivity contribution in [3.05, 3.63) is 46.2 Å². The molecule has 0 spiro atoms. The Labute approximate surface area is 122 Å². The van der Waals surface area contributed by atoms with Crippen LogP contribution in [-0.4, -0.2) is 28.9 Å². The summed E-state index contributed by atoms with van der Waals surface area (Å²) in [5.41, 5.74) is 0.865. The van der Waals surface area contributed by atoms with Crippen LogP contribution in [0.2, 0.25) is 0 Å². The van der Waals surface area contributed by atoms with Crippen molar-refractivity contribution in [2.75, 3.05) is 18.1 Å². The van der Waals surface area contributed by atoms with Gasteiger partial charge in [0.25, 0.3) is 5.91 Å². The van der Waals surface area contributed by atoms with Crippen molar-refractivity contribution in [3.63, 3.8) is 0 Å². The highest BCUT2D eigenvalue weighted by Gasteiger charge is 2.10. The van der Waals surface area contributed by atoms with Gasteiger partial charge in [-0.05, 0) is 18.2 Å². The van der Waals surface area contributed by atoms with Crippen molar-refractivity contribution in [1.29, 1.82) is 0 Å². The molecule has 0 aliphatic carbocycles. The highest BCUT2D eigenvalue weighted by atomic mass is 32.2. The van der Waals surface area contributed by atoms with Crippen LogP contribution in [0.3, 0.4) is 0 Å². The number of carbonyl (C=O) groups is 1. The minimum atomic E-state index is -0.255. The number of nitrogens with one attached hydrogen (secondary N) is 2. The molecule has 5 heteroatoms. The van der Waals surface area contributed by atoms with E-state index in [1.165, 1.54) is 6.07 Å². The first-order chi connectivity index (χ1) is 9.72. The second-order valence-electron chi connectivity index (χ2n) is 4.46. The van der Waals surface area contributed by atoms with Crippen LogP contribution >= 0.6 is 11.8 Å². The third-order valence-electron chi connectivity index (χ3n) is 2.88. The molecule has 0 bridgehead atoms. The maximum Gasteiger partial charge on any atom is 0.252 e. The van der Waals surface area contributed by atoms with Crippen LogP contribution in [0.25, 0.3) is 10.9 Å². The average molecular weight is 290 g/mol. The van der Waals surface area contributed by atoms with Gasteiger partial charge in [0.05, 0.1) is 5.56 Å². The number of carbonyl (C=O) groups excluding carboxylic acids is 1. The Kier molecular flexibility index (Phi) is 5.24. The van der Waals surface area contributed by atoms with Gasteiger partial charge in [-0.25, -0.2) is 0 Å². The Balaban J connectivity index is 2.11. The zero-order chi connectivity index (χ0) is 14.4. The largest absolute Gasteiger partial charge is 0.351 e. The molecule has 0 aliphatic heterocycles. The first-order valence-electron chi connectivity index (χ1n) is 6.70. The van der Waals surface area contributed by atoms with E-state index >= 15 is 0 Å². The van der Waals surface area contributed by atoms with Crippen LogP contribution in [-0.2, 0) is 0 Å². The Morgan fingerprint density at radius 1 is 1.30 bits per heavy atom. The van der Waals surface area contributed by atoms with Gasteiger partial charge < -0.3 is 10.3 Å². The summed E-state index contributed by atoms with van der Waals surface area (Å²) < 4.78 is 0. The predicted octanol–water partition coefficient (Wildman–Crippen LogP) is 2.40. The summed E-state index contributed by atoms with van der Waals surface area (Å²) in [6.07, 6.45) is 1.14. The third-order valence-corrected chi connectivity index (χ3v) is 4.07. The van der Waals surface area contributed by atoms with Crippen molar-refractivity contribution in [3.8, 4) is 0 Å². The number of H-pyrrole nitrogens is 1. The van der Waals surface area contributed by atoms with Gasteiger partial charge in [-0.2, -0.15) is 11.8 Å².